The zero-order valence-electron chi connectivity index (χ0n) is 18.4. The molecule has 1 N–H and O–H groups in total. The van der Waals surface area contributed by atoms with E-state index in [2.05, 4.69) is 37.0 Å². The second-order valence-electron chi connectivity index (χ2n) is 8.54. The number of benzene rings is 1. The molecule has 0 bridgehead atoms. The van der Waals surface area contributed by atoms with Crippen molar-refractivity contribution in [3.05, 3.63) is 76.1 Å². The Bertz CT molecular complexity index is 1050. The third kappa shape index (κ3) is 4.46. The minimum atomic E-state index is -0.0729. The minimum absolute atomic E-state index is 0.0729. The highest BCUT2D eigenvalue weighted by Gasteiger charge is 2.36. The number of likely N-dealkylation sites (tertiary alicyclic amines) is 1. The van der Waals surface area contributed by atoms with E-state index in [0.29, 0.717) is 12.1 Å². The van der Waals surface area contributed by atoms with E-state index in [-0.39, 0.29) is 18.7 Å². The molecule has 0 saturated carbocycles. The molecule has 2 aromatic rings. The van der Waals surface area contributed by atoms with Gasteiger partial charge in [-0.2, -0.15) is 5.26 Å². The van der Waals surface area contributed by atoms with E-state index in [0.717, 1.165) is 49.0 Å². The van der Waals surface area contributed by atoms with Gasteiger partial charge in [-0.05, 0) is 80.0 Å². The van der Waals surface area contributed by atoms with Gasteiger partial charge in [0.05, 0.1) is 41.7 Å². The number of hydrogen-bond donors (Lipinski definition) is 1. The SMILES string of the molecule is CC1=CCCN=C1[C@H]1CCC[C@@H](c2ncccc2C)N1Cc1ccc(C#N)cc1CO. The molecule has 0 aliphatic carbocycles. The van der Waals surface area contributed by atoms with Gasteiger partial charge in [-0.25, -0.2) is 0 Å². The van der Waals surface area contributed by atoms with Crippen LogP contribution in [0.25, 0.3) is 0 Å². The number of aliphatic hydroxyl groups is 1. The number of piperidine rings is 1. The first-order valence-corrected chi connectivity index (χ1v) is 11.1. The van der Waals surface area contributed by atoms with E-state index in [4.69, 9.17) is 9.98 Å². The van der Waals surface area contributed by atoms with Crippen molar-refractivity contribution in [2.24, 2.45) is 4.99 Å². The molecule has 2 atom stereocenters. The van der Waals surface area contributed by atoms with E-state index in [1.54, 1.807) is 6.07 Å². The summed E-state index contributed by atoms with van der Waals surface area (Å²) in [5.74, 6) is 0. The van der Waals surface area contributed by atoms with Crippen molar-refractivity contribution >= 4 is 5.71 Å². The fourth-order valence-corrected chi connectivity index (χ4v) is 4.97. The fourth-order valence-electron chi connectivity index (χ4n) is 4.97. The standard InChI is InChI=1S/C26H30N4O/c1-18-6-4-12-28-25(18)23-8-3-9-24(26-19(2)7-5-13-29-26)30(23)16-21-11-10-20(15-27)14-22(21)17-31/h4,6-7,10-12,14,23-24,31H,3,5,8-9,13,16-17H2,1-2H3/t23-,24+/m0/s1. The molecule has 5 heteroatoms. The summed E-state index contributed by atoms with van der Waals surface area (Å²) < 4.78 is 0. The Labute approximate surface area is 184 Å². The number of hydrogen-bond acceptors (Lipinski definition) is 5. The molecule has 4 rings (SSSR count). The van der Waals surface area contributed by atoms with Gasteiger partial charge in [0.1, 0.15) is 0 Å². The number of nitriles is 1. The van der Waals surface area contributed by atoms with Crippen molar-refractivity contribution in [2.45, 2.75) is 64.8 Å². The largest absolute Gasteiger partial charge is 0.392 e. The van der Waals surface area contributed by atoms with Crippen LogP contribution in [0.15, 0.2) is 53.2 Å². The summed E-state index contributed by atoms with van der Waals surface area (Å²) in [6, 6.07) is 12.4. The van der Waals surface area contributed by atoms with Crippen LogP contribution in [0.5, 0.6) is 0 Å². The third-order valence-electron chi connectivity index (χ3n) is 6.56. The molecule has 2 aliphatic rings. The monoisotopic (exact) mass is 414 g/mol. The molecular formula is C26H30N4O. The number of rotatable bonds is 5. The van der Waals surface area contributed by atoms with Crippen molar-refractivity contribution in [3.63, 3.8) is 0 Å². The van der Waals surface area contributed by atoms with Gasteiger partial charge in [0.2, 0.25) is 0 Å². The van der Waals surface area contributed by atoms with E-state index in [1.165, 1.54) is 16.8 Å². The van der Waals surface area contributed by atoms with Crippen LogP contribution >= 0.6 is 0 Å². The molecule has 31 heavy (non-hydrogen) atoms. The normalized spacial score (nSPS) is 21.9. The number of dihydropyridines is 1. The Hall–Kier alpha value is -2.81. The Morgan fingerprint density at radius 3 is 2.74 bits per heavy atom. The van der Waals surface area contributed by atoms with Crippen LogP contribution in [0.2, 0.25) is 0 Å². The highest BCUT2D eigenvalue weighted by atomic mass is 16.3. The number of pyridine rings is 1. The maximum atomic E-state index is 9.98. The summed E-state index contributed by atoms with van der Waals surface area (Å²) in [6.07, 6.45) is 8.45. The third-order valence-corrected chi connectivity index (χ3v) is 6.56. The highest BCUT2D eigenvalue weighted by molar-refractivity contribution is 6.04. The van der Waals surface area contributed by atoms with Crippen LogP contribution in [0.3, 0.4) is 0 Å². The quantitative estimate of drug-likeness (QED) is 0.773. The molecule has 0 amide bonds. The summed E-state index contributed by atoms with van der Waals surface area (Å²) in [5.41, 5.74) is 7.27. The summed E-state index contributed by atoms with van der Waals surface area (Å²) in [7, 11) is 0. The van der Waals surface area contributed by atoms with E-state index >= 15 is 0 Å². The lowest BCUT2D eigenvalue weighted by molar-refractivity contribution is 0.105. The highest BCUT2D eigenvalue weighted by Crippen LogP contribution is 2.38. The summed E-state index contributed by atoms with van der Waals surface area (Å²) in [4.78, 5) is 12.2. The molecule has 1 saturated heterocycles. The molecule has 5 nitrogen and oxygen atoms in total. The summed E-state index contributed by atoms with van der Waals surface area (Å²) >= 11 is 0. The van der Waals surface area contributed by atoms with Crippen LogP contribution in [-0.4, -0.2) is 33.3 Å². The summed E-state index contributed by atoms with van der Waals surface area (Å²) in [5, 5.41) is 19.2. The average Bonchev–Trinajstić information content (AvgIpc) is 2.80. The number of aliphatic hydroxyl groups excluding tert-OH is 1. The van der Waals surface area contributed by atoms with Crippen molar-refractivity contribution in [3.8, 4) is 6.07 Å². The lowest BCUT2D eigenvalue weighted by Gasteiger charge is -2.43. The van der Waals surface area contributed by atoms with Crippen LogP contribution in [0.4, 0.5) is 0 Å². The van der Waals surface area contributed by atoms with Crippen molar-refractivity contribution in [1.29, 1.82) is 5.26 Å². The van der Waals surface area contributed by atoms with Gasteiger partial charge in [-0.1, -0.05) is 18.2 Å². The van der Waals surface area contributed by atoms with Crippen molar-refractivity contribution < 1.29 is 5.11 Å². The molecule has 1 aromatic carbocycles. The zero-order valence-corrected chi connectivity index (χ0v) is 18.4. The van der Waals surface area contributed by atoms with Crippen LogP contribution in [0, 0.1) is 18.3 Å². The van der Waals surface area contributed by atoms with Crippen molar-refractivity contribution in [2.75, 3.05) is 6.54 Å². The molecule has 0 spiro atoms. The zero-order chi connectivity index (χ0) is 21.8. The Morgan fingerprint density at radius 2 is 2.00 bits per heavy atom. The van der Waals surface area contributed by atoms with Gasteiger partial charge in [0.15, 0.2) is 0 Å². The number of nitrogens with zero attached hydrogens (tertiary/aromatic N) is 4. The van der Waals surface area contributed by atoms with Gasteiger partial charge >= 0.3 is 0 Å². The average molecular weight is 415 g/mol. The lowest BCUT2D eigenvalue weighted by atomic mass is 9.86. The maximum absolute atomic E-state index is 9.98. The first-order valence-electron chi connectivity index (χ1n) is 11.1. The van der Waals surface area contributed by atoms with Gasteiger partial charge < -0.3 is 5.11 Å². The molecule has 160 valence electrons. The first-order chi connectivity index (χ1) is 15.1. The lowest BCUT2D eigenvalue weighted by Crippen LogP contribution is -2.47. The smallest absolute Gasteiger partial charge is 0.0991 e. The molecule has 0 radical (unpaired) electrons. The summed E-state index contributed by atoms with van der Waals surface area (Å²) in [6.45, 7) is 5.78. The van der Waals surface area contributed by atoms with E-state index < -0.39 is 0 Å². The Balaban J connectivity index is 1.76. The molecular weight excluding hydrogens is 384 g/mol. The van der Waals surface area contributed by atoms with Gasteiger partial charge in [0.25, 0.3) is 0 Å². The molecule has 1 fully saturated rings. The maximum Gasteiger partial charge on any atom is 0.0991 e. The molecule has 1 aromatic heterocycles. The topological polar surface area (TPSA) is 72.5 Å². The predicted molar refractivity (Wildman–Crippen MR) is 123 cm³/mol. The molecule has 3 heterocycles. The first kappa shape index (κ1) is 21.4. The molecule has 0 unspecified atom stereocenters. The molecule has 2 aliphatic heterocycles. The minimum Gasteiger partial charge on any atom is -0.392 e. The van der Waals surface area contributed by atoms with E-state index in [1.807, 2.05) is 24.4 Å². The Kier molecular flexibility index (Phi) is 6.60. The second-order valence-corrected chi connectivity index (χ2v) is 8.54. The fraction of sp³-hybridized carbons (Fsp3) is 0.423. The number of aromatic nitrogens is 1. The van der Waals surface area contributed by atoms with Gasteiger partial charge in [-0.3, -0.25) is 14.9 Å². The Morgan fingerprint density at radius 1 is 1.16 bits per heavy atom. The second kappa shape index (κ2) is 9.55. The van der Waals surface area contributed by atoms with Crippen LogP contribution < -0.4 is 0 Å². The van der Waals surface area contributed by atoms with Crippen LogP contribution in [-0.2, 0) is 13.2 Å². The van der Waals surface area contributed by atoms with E-state index in [9.17, 15) is 10.4 Å². The van der Waals surface area contributed by atoms with Gasteiger partial charge in [-0.15, -0.1) is 0 Å². The number of aliphatic imine (C=N–C) groups is 1. The van der Waals surface area contributed by atoms with Gasteiger partial charge in [0, 0.05) is 19.3 Å². The predicted octanol–water partition coefficient (Wildman–Crippen LogP) is 4.64. The number of aryl methyl sites for hydroxylation is 1. The van der Waals surface area contributed by atoms with Crippen molar-refractivity contribution in [1.82, 2.24) is 9.88 Å². The van der Waals surface area contributed by atoms with Crippen LogP contribution in [0.1, 0.15) is 66.6 Å².